The predicted octanol–water partition coefficient (Wildman–Crippen LogP) is 5.16. The molecule has 0 aromatic heterocycles. The largest absolute Gasteiger partial charge is 0.494 e. The van der Waals surface area contributed by atoms with Gasteiger partial charge >= 0.3 is 0 Å². The Labute approximate surface area is 118 Å². The van der Waals surface area contributed by atoms with Crippen molar-refractivity contribution in [1.82, 2.24) is 0 Å². The van der Waals surface area contributed by atoms with Crippen LogP contribution in [0.4, 0.5) is 0 Å². The second-order valence-corrected chi connectivity index (χ2v) is 4.99. The molecule has 0 spiro atoms. The van der Waals surface area contributed by atoms with Crippen molar-refractivity contribution in [2.45, 2.75) is 58.3 Å². The van der Waals surface area contributed by atoms with Crippen molar-refractivity contribution < 1.29 is 4.74 Å². The Balaban J connectivity index is 2.41. The summed E-state index contributed by atoms with van der Waals surface area (Å²) >= 11 is 0. The van der Waals surface area contributed by atoms with E-state index in [1.165, 1.54) is 24.8 Å². The summed E-state index contributed by atoms with van der Waals surface area (Å²) < 4.78 is 5.74. The molecule has 0 aliphatic rings. The molecule has 104 valence electrons. The Morgan fingerprint density at radius 2 is 1.84 bits per heavy atom. The fourth-order valence-electron chi connectivity index (χ4n) is 2.20. The van der Waals surface area contributed by atoms with Crippen molar-refractivity contribution in [2.75, 3.05) is 6.61 Å². The Bertz CT molecular complexity index is 372. The Morgan fingerprint density at radius 1 is 1.11 bits per heavy atom. The summed E-state index contributed by atoms with van der Waals surface area (Å²) in [7, 11) is 0. The molecule has 1 rings (SSSR count). The summed E-state index contributed by atoms with van der Waals surface area (Å²) in [6.45, 7) is 5.22. The third-order valence-corrected chi connectivity index (χ3v) is 3.48. The van der Waals surface area contributed by atoms with Gasteiger partial charge in [0.05, 0.1) is 6.61 Å². The van der Waals surface area contributed by atoms with Gasteiger partial charge in [-0.1, -0.05) is 45.2 Å². The van der Waals surface area contributed by atoms with Crippen molar-refractivity contribution in [3.8, 4) is 18.1 Å². The second-order valence-electron chi connectivity index (χ2n) is 4.99. The van der Waals surface area contributed by atoms with E-state index in [0.717, 1.165) is 31.6 Å². The fraction of sp³-hybridized carbons (Fsp3) is 0.556. The first-order valence-electron chi connectivity index (χ1n) is 7.48. The lowest BCUT2D eigenvalue weighted by Gasteiger charge is -2.13. The zero-order chi connectivity index (χ0) is 13.9. The van der Waals surface area contributed by atoms with Gasteiger partial charge < -0.3 is 4.74 Å². The van der Waals surface area contributed by atoms with E-state index in [0.29, 0.717) is 5.92 Å². The quantitative estimate of drug-likeness (QED) is 0.439. The molecule has 0 aliphatic carbocycles. The summed E-state index contributed by atoms with van der Waals surface area (Å²) in [5, 5.41) is 0. The third kappa shape index (κ3) is 5.83. The van der Waals surface area contributed by atoms with Gasteiger partial charge in [-0.25, -0.2) is 0 Å². The number of hydrogen-bond donors (Lipinski definition) is 0. The molecule has 1 nitrogen and oxygen atoms in total. The molecule has 0 aliphatic heterocycles. The predicted molar refractivity (Wildman–Crippen MR) is 82.6 cm³/mol. The highest BCUT2D eigenvalue weighted by Gasteiger charge is 2.07. The number of unbranched alkanes of at least 4 members (excludes halogenated alkanes) is 3. The highest BCUT2D eigenvalue weighted by molar-refractivity contribution is 5.30. The Hall–Kier alpha value is -1.42. The van der Waals surface area contributed by atoms with Gasteiger partial charge in [-0.2, -0.15) is 0 Å². The van der Waals surface area contributed by atoms with E-state index < -0.39 is 0 Å². The van der Waals surface area contributed by atoms with Crippen LogP contribution in [0.3, 0.4) is 0 Å². The SMILES string of the molecule is C#CCC(CC)c1ccc(OCCCCCC)cc1. The first kappa shape index (κ1) is 15.6. The highest BCUT2D eigenvalue weighted by Crippen LogP contribution is 2.24. The third-order valence-electron chi connectivity index (χ3n) is 3.48. The fourth-order valence-corrected chi connectivity index (χ4v) is 2.20. The summed E-state index contributed by atoms with van der Waals surface area (Å²) in [5.41, 5.74) is 1.32. The maximum absolute atomic E-state index is 5.74. The van der Waals surface area contributed by atoms with Crippen LogP contribution in [0.2, 0.25) is 0 Å². The minimum atomic E-state index is 0.476. The van der Waals surface area contributed by atoms with E-state index in [4.69, 9.17) is 11.2 Å². The average molecular weight is 258 g/mol. The van der Waals surface area contributed by atoms with Crippen LogP contribution in [0.15, 0.2) is 24.3 Å². The van der Waals surface area contributed by atoms with Crippen molar-refractivity contribution in [3.05, 3.63) is 29.8 Å². The van der Waals surface area contributed by atoms with Crippen molar-refractivity contribution in [2.24, 2.45) is 0 Å². The molecule has 1 atom stereocenters. The van der Waals surface area contributed by atoms with E-state index in [1.54, 1.807) is 0 Å². The molecule has 0 bridgehead atoms. The number of benzene rings is 1. The zero-order valence-electron chi connectivity index (χ0n) is 12.3. The molecule has 0 saturated carbocycles. The Kier molecular flexibility index (Phi) is 7.82. The molecule has 0 N–H and O–H groups in total. The van der Waals surface area contributed by atoms with Gasteiger partial charge in [-0.15, -0.1) is 12.3 Å². The van der Waals surface area contributed by atoms with Gasteiger partial charge in [0.1, 0.15) is 5.75 Å². The first-order valence-corrected chi connectivity index (χ1v) is 7.48. The first-order chi connectivity index (χ1) is 9.31. The molecular weight excluding hydrogens is 232 g/mol. The number of rotatable bonds is 9. The Morgan fingerprint density at radius 3 is 2.42 bits per heavy atom. The van der Waals surface area contributed by atoms with Gasteiger partial charge in [-0.3, -0.25) is 0 Å². The van der Waals surface area contributed by atoms with Gasteiger partial charge in [0.2, 0.25) is 0 Å². The van der Waals surface area contributed by atoms with E-state index >= 15 is 0 Å². The van der Waals surface area contributed by atoms with Gasteiger partial charge in [0.25, 0.3) is 0 Å². The van der Waals surface area contributed by atoms with Crippen LogP contribution in [-0.2, 0) is 0 Å². The maximum atomic E-state index is 5.74. The van der Waals surface area contributed by atoms with Crippen molar-refractivity contribution >= 4 is 0 Å². The minimum Gasteiger partial charge on any atom is -0.494 e. The lowest BCUT2D eigenvalue weighted by molar-refractivity contribution is 0.305. The van der Waals surface area contributed by atoms with Gasteiger partial charge in [0, 0.05) is 6.42 Å². The molecule has 0 saturated heterocycles. The van der Waals surface area contributed by atoms with E-state index in [2.05, 4.69) is 44.0 Å². The van der Waals surface area contributed by atoms with E-state index in [9.17, 15) is 0 Å². The molecule has 0 heterocycles. The van der Waals surface area contributed by atoms with Crippen molar-refractivity contribution in [1.29, 1.82) is 0 Å². The van der Waals surface area contributed by atoms with Crippen LogP contribution < -0.4 is 4.74 Å². The summed E-state index contributed by atoms with van der Waals surface area (Å²) in [5.74, 6) is 4.20. The number of hydrogen-bond acceptors (Lipinski definition) is 1. The number of ether oxygens (including phenoxy) is 1. The van der Waals surface area contributed by atoms with E-state index in [1.807, 2.05) is 0 Å². The van der Waals surface area contributed by atoms with Gasteiger partial charge in [-0.05, 0) is 36.5 Å². The summed E-state index contributed by atoms with van der Waals surface area (Å²) in [4.78, 5) is 0. The standard InChI is InChI=1S/C18H26O/c1-4-7-8-9-15-19-18-13-11-17(12-14-18)16(6-3)10-5-2/h2,11-14,16H,4,6-10,15H2,1,3H3. The average Bonchev–Trinajstić information content (AvgIpc) is 2.45. The molecule has 1 aromatic rings. The molecule has 0 radical (unpaired) electrons. The van der Waals surface area contributed by atoms with Crippen LogP contribution in [-0.4, -0.2) is 6.61 Å². The number of terminal acetylenes is 1. The smallest absolute Gasteiger partial charge is 0.119 e. The normalized spacial score (nSPS) is 11.8. The molecule has 0 fully saturated rings. The molecular formula is C18H26O. The molecule has 1 heteroatoms. The highest BCUT2D eigenvalue weighted by atomic mass is 16.5. The monoisotopic (exact) mass is 258 g/mol. The van der Waals surface area contributed by atoms with Crippen molar-refractivity contribution in [3.63, 3.8) is 0 Å². The van der Waals surface area contributed by atoms with Gasteiger partial charge in [0.15, 0.2) is 0 Å². The molecule has 19 heavy (non-hydrogen) atoms. The second kappa shape index (κ2) is 9.50. The molecule has 1 aromatic carbocycles. The maximum Gasteiger partial charge on any atom is 0.119 e. The summed E-state index contributed by atoms with van der Waals surface area (Å²) in [6, 6.07) is 8.42. The van der Waals surface area contributed by atoms with Crippen LogP contribution >= 0.6 is 0 Å². The van der Waals surface area contributed by atoms with Crippen LogP contribution in [0.1, 0.15) is 63.9 Å². The summed E-state index contributed by atoms with van der Waals surface area (Å²) in [6.07, 6.45) is 12.3. The van der Waals surface area contributed by atoms with Crippen LogP contribution in [0.25, 0.3) is 0 Å². The molecule has 0 amide bonds. The van der Waals surface area contributed by atoms with Crippen LogP contribution in [0.5, 0.6) is 5.75 Å². The minimum absolute atomic E-state index is 0.476. The molecule has 1 unspecified atom stereocenters. The zero-order valence-corrected chi connectivity index (χ0v) is 12.3. The van der Waals surface area contributed by atoms with Crippen LogP contribution in [0, 0.1) is 12.3 Å². The lowest BCUT2D eigenvalue weighted by Crippen LogP contribution is -1.99. The topological polar surface area (TPSA) is 9.23 Å². The lowest BCUT2D eigenvalue weighted by atomic mass is 9.94. The van der Waals surface area contributed by atoms with E-state index in [-0.39, 0.29) is 0 Å².